The van der Waals surface area contributed by atoms with Crippen molar-refractivity contribution >= 4 is 5.97 Å². The second kappa shape index (κ2) is 6.93. The number of hydrogen-bond acceptors (Lipinski definition) is 3. The minimum Gasteiger partial charge on any atom is -0.301 e. The third-order valence-electron chi connectivity index (χ3n) is 3.47. The molecular formula is C15H28O3. The van der Waals surface area contributed by atoms with E-state index in [1.54, 1.807) is 6.08 Å². The van der Waals surface area contributed by atoms with Crippen LogP contribution in [0.4, 0.5) is 0 Å². The van der Waals surface area contributed by atoms with Crippen LogP contribution in [-0.2, 0) is 9.68 Å². The molecule has 0 aromatic carbocycles. The van der Waals surface area contributed by atoms with Crippen LogP contribution in [-0.4, -0.2) is 11.2 Å². The average molecular weight is 256 g/mol. The van der Waals surface area contributed by atoms with Crippen LogP contribution in [0.15, 0.2) is 12.7 Å². The molecule has 1 atom stereocenters. The van der Waals surface area contributed by atoms with Gasteiger partial charge in [-0.25, -0.2) is 4.79 Å². The number of allylic oxidation sites excluding steroid dienone is 1. The molecule has 106 valence electrons. The first-order valence-electron chi connectivity index (χ1n) is 6.63. The van der Waals surface area contributed by atoms with Gasteiger partial charge in [0, 0.05) is 0 Å². The third kappa shape index (κ3) is 6.20. The lowest BCUT2D eigenvalue weighted by molar-refractivity contribution is -0.241. The maximum atomic E-state index is 11.6. The smallest absolute Gasteiger partial charge is 0.301 e. The van der Waals surface area contributed by atoms with Gasteiger partial charge in [0.05, 0.1) is 5.92 Å². The van der Waals surface area contributed by atoms with Gasteiger partial charge in [0.1, 0.15) is 0 Å². The van der Waals surface area contributed by atoms with Crippen LogP contribution in [0.25, 0.3) is 0 Å². The molecule has 0 amide bonds. The van der Waals surface area contributed by atoms with Gasteiger partial charge in [-0.3, -0.25) is 0 Å². The average Bonchev–Trinajstić information content (AvgIpc) is 2.26. The van der Waals surface area contributed by atoms with Gasteiger partial charge in [0.2, 0.25) is 0 Å². The molecular weight excluding hydrogens is 228 g/mol. The molecule has 0 aromatic heterocycles. The molecule has 0 aliphatic heterocycles. The second-order valence-corrected chi connectivity index (χ2v) is 6.79. The Bertz CT molecular complexity index is 274. The lowest BCUT2D eigenvalue weighted by Gasteiger charge is -2.28. The lowest BCUT2D eigenvalue weighted by atomic mass is 9.76. The maximum Gasteiger partial charge on any atom is 0.345 e. The van der Waals surface area contributed by atoms with Crippen LogP contribution < -0.4 is 0 Å². The number of rotatable bonds is 7. The van der Waals surface area contributed by atoms with Crippen LogP contribution >= 0.6 is 0 Å². The highest BCUT2D eigenvalue weighted by molar-refractivity contribution is 5.73. The molecule has 0 heterocycles. The highest BCUT2D eigenvalue weighted by Crippen LogP contribution is 2.33. The Morgan fingerprint density at radius 3 is 2.22 bits per heavy atom. The van der Waals surface area contributed by atoms with Crippen LogP contribution in [0.3, 0.4) is 0 Å². The molecule has 0 spiro atoms. The van der Waals surface area contributed by atoms with Gasteiger partial charge in [-0.2, -0.15) is 5.26 Å². The van der Waals surface area contributed by atoms with Crippen molar-refractivity contribution in [1.29, 1.82) is 0 Å². The molecule has 1 unspecified atom stereocenters. The van der Waals surface area contributed by atoms with Gasteiger partial charge in [-0.05, 0) is 23.7 Å². The number of hydrogen-bond donors (Lipinski definition) is 1. The van der Waals surface area contributed by atoms with E-state index in [0.717, 1.165) is 19.3 Å². The molecule has 0 aromatic rings. The number of unbranched alkanes of at least 4 members (excludes halogenated alkanes) is 1. The summed E-state index contributed by atoms with van der Waals surface area (Å²) >= 11 is 0. The number of carbonyl (C=O) groups is 1. The Hall–Kier alpha value is -0.830. The first-order valence-corrected chi connectivity index (χ1v) is 6.63. The molecule has 0 radical (unpaired) electrons. The summed E-state index contributed by atoms with van der Waals surface area (Å²) in [6.45, 7) is 14.2. The van der Waals surface area contributed by atoms with E-state index in [1.165, 1.54) is 0 Å². The Kier molecular flexibility index (Phi) is 6.61. The Balaban J connectivity index is 4.37. The van der Waals surface area contributed by atoms with E-state index < -0.39 is 5.97 Å². The van der Waals surface area contributed by atoms with Gasteiger partial charge in [0.25, 0.3) is 0 Å². The lowest BCUT2D eigenvalue weighted by Crippen LogP contribution is -2.30. The topological polar surface area (TPSA) is 46.5 Å². The Morgan fingerprint density at radius 2 is 1.83 bits per heavy atom. The maximum absolute atomic E-state index is 11.6. The fourth-order valence-electron chi connectivity index (χ4n) is 2.00. The van der Waals surface area contributed by atoms with Crippen molar-refractivity contribution in [1.82, 2.24) is 0 Å². The van der Waals surface area contributed by atoms with Crippen molar-refractivity contribution in [3.05, 3.63) is 12.7 Å². The Labute approximate surface area is 111 Å². The zero-order chi connectivity index (χ0) is 14.4. The molecule has 3 heteroatoms. The quantitative estimate of drug-likeness (QED) is 0.317. The highest BCUT2D eigenvalue weighted by atomic mass is 17.1. The fraction of sp³-hybridized carbons (Fsp3) is 0.800. The summed E-state index contributed by atoms with van der Waals surface area (Å²) in [6.07, 6.45) is 5.62. The summed E-state index contributed by atoms with van der Waals surface area (Å²) in [5, 5.41) is 8.57. The van der Waals surface area contributed by atoms with Gasteiger partial charge in [0.15, 0.2) is 0 Å². The molecule has 0 bridgehead atoms. The van der Waals surface area contributed by atoms with Crippen molar-refractivity contribution in [2.45, 2.75) is 60.3 Å². The zero-order valence-electron chi connectivity index (χ0n) is 12.5. The SMILES string of the molecule is C=CC(C)(C)C(CCCCC(C)(C)C)C(=O)OO. The van der Waals surface area contributed by atoms with E-state index in [2.05, 4.69) is 32.2 Å². The minimum atomic E-state index is -0.560. The van der Waals surface area contributed by atoms with Gasteiger partial charge in [-0.1, -0.05) is 53.5 Å². The van der Waals surface area contributed by atoms with Gasteiger partial charge in [-0.15, -0.1) is 6.58 Å². The molecule has 0 rings (SSSR count). The summed E-state index contributed by atoms with van der Waals surface area (Å²) in [7, 11) is 0. The molecule has 0 saturated carbocycles. The Morgan fingerprint density at radius 1 is 1.28 bits per heavy atom. The molecule has 0 fully saturated rings. The van der Waals surface area contributed by atoms with E-state index >= 15 is 0 Å². The largest absolute Gasteiger partial charge is 0.345 e. The summed E-state index contributed by atoms with van der Waals surface area (Å²) < 4.78 is 0. The monoisotopic (exact) mass is 256 g/mol. The van der Waals surface area contributed by atoms with E-state index in [0.29, 0.717) is 11.8 Å². The van der Waals surface area contributed by atoms with E-state index in [9.17, 15) is 4.79 Å². The van der Waals surface area contributed by atoms with Crippen molar-refractivity contribution < 1.29 is 14.9 Å². The first kappa shape index (κ1) is 17.2. The molecule has 0 aliphatic carbocycles. The summed E-state index contributed by atoms with van der Waals surface area (Å²) in [5.74, 6) is -0.893. The second-order valence-electron chi connectivity index (χ2n) is 6.79. The minimum absolute atomic E-state index is 0.320. The number of carbonyl (C=O) groups excluding carboxylic acids is 1. The van der Waals surface area contributed by atoms with E-state index in [4.69, 9.17) is 5.26 Å². The van der Waals surface area contributed by atoms with Crippen molar-refractivity contribution in [3.8, 4) is 0 Å². The van der Waals surface area contributed by atoms with Crippen LogP contribution in [0, 0.1) is 16.7 Å². The van der Waals surface area contributed by atoms with Crippen molar-refractivity contribution in [3.63, 3.8) is 0 Å². The molecule has 1 N–H and O–H groups in total. The normalized spacial score (nSPS) is 14.1. The fourth-order valence-corrected chi connectivity index (χ4v) is 2.00. The predicted molar refractivity (Wildman–Crippen MR) is 74.1 cm³/mol. The van der Waals surface area contributed by atoms with Crippen LogP contribution in [0.2, 0.25) is 0 Å². The molecule has 0 saturated heterocycles. The summed E-state index contributed by atoms with van der Waals surface area (Å²) in [4.78, 5) is 15.5. The summed E-state index contributed by atoms with van der Waals surface area (Å²) in [5.41, 5.74) is -0.0392. The van der Waals surface area contributed by atoms with Gasteiger partial charge >= 0.3 is 5.97 Å². The zero-order valence-corrected chi connectivity index (χ0v) is 12.5. The highest BCUT2D eigenvalue weighted by Gasteiger charge is 2.34. The van der Waals surface area contributed by atoms with Crippen molar-refractivity contribution in [2.24, 2.45) is 16.7 Å². The standard InChI is InChI=1S/C15H28O3/c1-7-15(5,6)12(13(16)18-17)10-8-9-11-14(2,3)4/h7,12,17H,1,8-11H2,2-6H3. The van der Waals surface area contributed by atoms with Gasteiger partial charge < -0.3 is 4.89 Å². The molecule has 0 aliphatic rings. The molecule has 18 heavy (non-hydrogen) atoms. The first-order chi connectivity index (χ1) is 8.14. The van der Waals surface area contributed by atoms with E-state index in [1.807, 2.05) is 13.8 Å². The van der Waals surface area contributed by atoms with Crippen LogP contribution in [0.1, 0.15) is 60.3 Å². The predicted octanol–water partition coefficient (Wildman–Crippen LogP) is 4.44. The molecule has 3 nitrogen and oxygen atoms in total. The van der Waals surface area contributed by atoms with Crippen molar-refractivity contribution in [2.75, 3.05) is 0 Å². The third-order valence-corrected chi connectivity index (χ3v) is 3.47. The summed E-state index contributed by atoms with van der Waals surface area (Å²) in [6, 6.07) is 0. The van der Waals surface area contributed by atoms with Crippen LogP contribution in [0.5, 0.6) is 0 Å². The van der Waals surface area contributed by atoms with E-state index in [-0.39, 0.29) is 11.3 Å².